The zero-order chi connectivity index (χ0) is 9.97. The van der Waals surface area contributed by atoms with Crippen LogP contribution >= 0.6 is 0 Å². The van der Waals surface area contributed by atoms with Gasteiger partial charge in [0, 0.05) is 13.1 Å². The Labute approximate surface area is 85.5 Å². The molecule has 1 aliphatic heterocycles. The van der Waals surface area contributed by atoms with Gasteiger partial charge in [0.2, 0.25) is 0 Å². The first kappa shape index (κ1) is 9.53. The zero-order valence-electron chi connectivity index (χ0n) is 8.86. The number of hydrogen-bond donors (Lipinski definition) is 0. The predicted molar refractivity (Wildman–Crippen MR) is 57.7 cm³/mol. The molecule has 2 heteroatoms. The van der Waals surface area contributed by atoms with Gasteiger partial charge in [-0.25, -0.2) is 0 Å². The van der Waals surface area contributed by atoms with Gasteiger partial charge in [0.25, 0.3) is 0 Å². The Kier molecular flexibility index (Phi) is 2.73. The fourth-order valence-corrected chi connectivity index (χ4v) is 1.72. The molecule has 76 valence electrons. The van der Waals surface area contributed by atoms with Crippen molar-refractivity contribution in [2.75, 3.05) is 19.6 Å². The summed E-state index contributed by atoms with van der Waals surface area (Å²) in [5.74, 6) is 1.04. The van der Waals surface area contributed by atoms with Crippen LogP contribution in [0.2, 0.25) is 0 Å². The summed E-state index contributed by atoms with van der Waals surface area (Å²) in [6, 6.07) is 8.20. The van der Waals surface area contributed by atoms with E-state index in [0.29, 0.717) is 6.10 Å². The summed E-state index contributed by atoms with van der Waals surface area (Å²) in [5, 5.41) is 0. The monoisotopic (exact) mass is 191 g/mol. The van der Waals surface area contributed by atoms with Gasteiger partial charge in [-0.3, -0.25) is 4.90 Å². The minimum absolute atomic E-state index is 0.399. The molecule has 2 rings (SSSR count). The van der Waals surface area contributed by atoms with E-state index in [9.17, 15) is 0 Å². The number of nitrogens with zero attached hydrogens (tertiary/aromatic N) is 1. The first-order valence-corrected chi connectivity index (χ1v) is 5.24. The SMILES string of the molecule is CCN1CC(Oc2ccccc2C)C1. The number of likely N-dealkylation sites (N-methyl/N-ethyl adjacent to an activating group) is 1. The van der Waals surface area contributed by atoms with Gasteiger partial charge >= 0.3 is 0 Å². The van der Waals surface area contributed by atoms with Gasteiger partial charge in [-0.2, -0.15) is 0 Å². The summed E-state index contributed by atoms with van der Waals surface area (Å²) in [4.78, 5) is 2.38. The van der Waals surface area contributed by atoms with Crippen LogP contribution in [0.5, 0.6) is 5.75 Å². The molecule has 0 aliphatic carbocycles. The summed E-state index contributed by atoms with van der Waals surface area (Å²) in [7, 11) is 0. The van der Waals surface area contributed by atoms with Crippen molar-refractivity contribution in [2.45, 2.75) is 20.0 Å². The van der Waals surface area contributed by atoms with Crippen LogP contribution in [0.4, 0.5) is 0 Å². The number of likely N-dealkylation sites (tertiary alicyclic amines) is 1. The Bertz CT molecular complexity index is 305. The topological polar surface area (TPSA) is 12.5 Å². The van der Waals surface area contributed by atoms with Crippen molar-refractivity contribution in [3.8, 4) is 5.75 Å². The highest BCUT2D eigenvalue weighted by molar-refractivity contribution is 5.32. The molecule has 0 N–H and O–H groups in total. The van der Waals surface area contributed by atoms with Crippen molar-refractivity contribution in [3.63, 3.8) is 0 Å². The Morgan fingerprint density at radius 2 is 2.07 bits per heavy atom. The van der Waals surface area contributed by atoms with E-state index in [1.54, 1.807) is 0 Å². The number of rotatable bonds is 3. The van der Waals surface area contributed by atoms with Gasteiger partial charge in [-0.05, 0) is 25.1 Å². The van der Waals surface area contributed by atoms with E-state index in [-0.39, 0.29) is 0 Å². The number of para-hydroxylation sites is 1. The summed E-state index contributed by atoms with van der Waals surface area (Å²) in [5.41, 5.74) is 1.22. The Balaban J connectivity index is 1.90. The minimum atomic E-state index is 0.399. The second-order valence-corrected chi connectivity index (χ2v) is 3.86. The molecule has 0 unspecified atom stereocenters. The van der Waals surface area contributed by atoms with Crippen LogP contribution in [0.1, 0.15) is 12.5 Å². The third-order valence-corrected chi connectivity index (χ3v) is 2.76. The number of benzene rings is 1. The quantitative estimate of drug-likeness (QED) is 0.725. The molecule has 14 heavy (non-hydrogen) atoms. The summed E-state index contributed by atoms with van der Waals surface area (Å²) in [6.45, 7) is 7.55. The first-order valence-electron chi connectivity index (χ1n) is 5.24. The summed E-state index contributed by atoms with van der Waals surface area (Å²) < 4.78 is 5.87. The number of hydrogen-bond acceptors (Lipinski definition) is 2. The first-order chi connectivity index (χ1) is 6.79. The molecule has 1 heterocycles. The van der Waals surface area contributed by atoms with Gasteiger partial charge < -0.3 is 4.74 Å². The third-order valence-electron chi connectivity index (χ3n) is 2.76. The van der Waals surface area contributed by atoms with Gasteiger partial charge in [-0.15, -0.1) is 0 Å². The lowest BCUT2D eigenvalue weighted by atomic mass is 10.1. The highest BCUT2D eigenvalue weighted by Crippen LogP contribution is 2.21. The Hall–Kier alpha value is -1.02. The predicted octanol–water partition coefficient (Wildman–Crippen LogP) is 2.08. The van der Waals surface area contributed by atoms with Gasteiger partial charge in [0.05, 0.1) is 0 Å². The maximum Gasteiger partial charge on any atom is 0.124 e. The molecule has 0 bridgehead atoms. The van der Waals surface area contributed by atoms with Crippen LogP contribution in [0, 0.1) is 6.92 Å². The van der Waals surface area contributed by atoms with Crippen LogP contribution in [-0.4, -0.2) is 30.6 Å². The normalized spacial score (nSPS) is 17.9. The molecule has 1 aromatic carbocycles. The average Bonchev–Trinajstić information content (AvgIpc) is 2.13. The smallest absolute Gasteiger partial charge is 0.124 e. The summed E-state index contributed by atoms with van der Waals surface area (Å²) >= 11 is 0. The lowest BCUT2D eigenvalue weighted by Gasteiger charge is -2.38. The molecule has 2 nitrogen and oxygen atoms in total. The molecule has 0 spiro atoms. The van der Waals surface area contributed by atoms with E-state index in [1.165, 1.54) is 5.56 Å². The van der Waals surface area contributed by atoms with Crippen molar-refractivity contribution in [1.82, 2.24) is 4.90 Å². The van der Waals surface area contributed by atoms with Crippen LogP contribution < -0.4 is 4.74 Å². The number of ether oxygens (including phenoxy) is 1. The maximum absolute atomic E-state index is 5.87. The second kappa shape index (κ2) is 4.01. The van der Waals surface area contributed by atoms with E-state index in [4.69, 9.17) is 4.74 Å². The lowest BCUT2D eigenvalue weighted by molar-refractivity contribution is 0.0234. The van der Waals surface area contributed by atoms with Crippen LogP contribution in [0.3, 0.4) is 0 Å². The van der Waals surface area contributed by atoms with Crippen molar-refractivity contribution in [1.29, 1.82) is 0 Å². The van der Waals surface area contributed by atoms with Gasteiger partial charge in [0.15, 0.2) is 0 Å². The molecular formula is C12H17NO. The van der Waals surface area contributed by atoms with E-state index in [1.807, 2.05) is 18.2 Å². The maximum atomic E-state index is 5.87. The van der Waals surface area contributed by atoms with Crippen LogP contribution in [0.15, 0.2) is 24.3 Å². The molecule has 1 aliphatic rings. The highest BCUT2D eigenvalue weighted by Gasteiger charge is 2.26. The molecule has 1 aromatic rings. The molecule has 0 atom stereocenters. The van der Waals surface area contributed by atoms with Gasteiger partial charge in [-0.1, -0.05) is 25.1 Å². The largest absolute Gasteiger partial charge is 0.487 e. The van der Waals surface area contributed by atoms with Crippen molar-refractivity contribution in [3.05, 3.63) is 29.8 Å². The molecular weight excluding hydrogens is 174 g/mol. The van der Waals surface area contributed by atoms with Crippen molar-refractivity contribution >= 4 is 0 Å². The molecule has 1 fully saturated rings. The molecule has 0 radical (unpaired) electrons. The fourth-order valence-electron chi connectivity index (χ4n) is 1.72. The number of aryl methyl sites for hydroxylation is 1. The molecule has 1 saturated heterocycles. The molecule has 0 amide bonds. The lowest BCUT2D eigenvalue weighted by Crippen LogP contribution is -2.53. The third kappa shape index (κ3) is 1.90. The highest BCUT2D eigenvalue weighted by atomic mass is 16.5. The van der Waals surface area contributed by atoms with E-state index in [2.05, 4.69) is 24.8 Å². The summed E-state index contributed by atoms with van der Waals surface area (Å²) in [6.07, 6.45) is 0.399. The van der Waals surface area contributed by atoms with Crippen LogP contribution in [0.25, 0.3) is 0 Å². The van der Waals surface area contributed by atoms with E-state index < -0.39 is 0 Å². The fraction of sp³-hybridized carbons (Fsp3) is 0.500. The minimum Gasteiger partial charge on any atom is -0.487 e. The van der Waals surface area contributed by atoms with Crippen molar-refractivity contribution in [2.24, 2.45) is 0 Å². The Morgan fingerprint density at radius 3 is 2.71 bits per heavy atom. The van der Waals surface area contributed by atoms with Gasteiger partial charge in [0.1, 0.15) is 11.9 Å². The van der Waals surface area contributed by atoms with Crippen LogP contribution in [-0.2, 0) is 0 Å². The second-order valence-electron chi connectivity index (χ2n) is 3.86. The van der Waals surface area contributed by atoms with E-state index >= 15 is 0 Å². The molecule has 0 aromatic heterocycles. The zero-order valence-corrected chi connectivity index (χ0v) is 8.86. The Morgan fingerprint density at radius 1 is 1.36 bits per heavy atom. The average molecular weight is 191 g/mol. The van der Waals surface area contributed by atoms with Crippen molar-refractivity contribution < 1.29 is 4.74 Å². The van der Waals surface area contributed by atoms with E-state index in [0.717, 1.165) is 25.4 Å². The molecule has 0 saturated carbocycles. The standard InChI is InChI=1S/C12H17NO/c1-3-13-8-11(9-13)14-12-7-5-4-6-10(12)2/h4-7,11H,3,8-9H2,1-2H3.